The number of hydrogen-bond acceptors (Lipinski definition) is 4. The van der Waals surface area contributed by atoms with Gasteiger partial charge in [0.1, 0.15) is 17.5 Å². The van der Waals surface area contributed by atoms with Crippen LogP contribution in [0.3, 0.4) is 0 Å². The van der Waals surface area contributed by atoms with Crippen LogP contribution in [0.4, 0.5) is 17.3 Å². The van der Waals surface area contributed by atoms with E-state index in [0.29, 0.717) is 0 Å². The average molecular weight is 335 g/mol. The maximum absolute atomic E-state index is 4.50. The minimum atomic E-state index is 0.748. The van der Waals surface area contributed by atoms with E-state index >= 15 is 0 Å². The zero-order valence-corrected chi connectivity index (χ0v) is 13.8. The second-order valence-corrected chi connectivity index (χ2v) is 5.54. The fraction of sp³-hybridized carbons (Fsp3) is 0.333. The highest BCUT2D eigenvalue weighted by Crippen LogP contribution is 2.27. The summed E-state index contributed by atoms with van der Waals surface area (Å²) in [6, 6.07) is 6.23. The minimum absolute atomic E-state index is 0.748. The second kappa shape index (κ2) is 6.22. The summed E-state index contributed by atoms with van der Waals surface area (Å²) in [5.41, 5.74) is 3.35. The Labute approximate surface area is 128 Å². The molecule has 0 aliphatic rings. The van der Waals surface area contributed by atoms with Crippen LogP contribution < -0.4 is 10.6 Å². The number of halogens is 1. The van der Waals surface area contributed by atoms with Gasteiger partial charge >= 0.3 is 0 Å². The third-order valence-corrected chi connectivity index (χ3v) is 3.69. The van der Waals surface area contributed by atoms with Crippen molar-refractivity contribution in [3.63, 3.8) is 0 Å². The summed E-state index contributed by atoms with van der Waals surface area (Å²) in [7, 11) is 1.87. The molecule has 0 amide bonds. The molecule has 0 saturated heterocycles. The van der Waals surface area contributed by atoms with Gasteiger partial charge in [0.15, 0.2) is 0 Å². The molecule has 1 aromatic carbocycles. The molecule has 0 bridgehead atoms. The molecule has 1 aromatic heterocycles. The maximum atomic E-state index is 4.50. The van der Waals surface area contributed by atoms with Crippen molar-refractivity contribution in [3.05, 3.63) is 39.6 Å². The van der Waals surface area contributed by atoms with Crippen molar-refractivity contribution in [2.45, 2.75) is 27.2 Å². The van der Waals surface area contributed by atoms with Crippen molar-refractivity contribution >= 4 is 33.3 Å². The topological polar surface area (TPSA) is 49.8 Å². The molecule has 0 radical (unpaired) electrons. The molecular weight excluding hydrogens is 316 g/mol. The van der Waals surface area contributed by atoms with Gasteiger partial charge in [-0.05, 0) is 44.0 Å². The van der Waals surface area contributed by atoms with Crippen LogP contribution in [0.15, 0.2) is 22.7 Å². The normalized spacial score (nSPS) is 10.4. The summed E-state index contributed by atoms with van der Waals surface area (Å²) in [4.78, 5) is 8.88. The Hall–Kier alpha value is -1.62. The zero-order chi connectivity index (χ0) is 14.7. The molecule has 106 valence electrons. The van der Waals surface area contributed by atoms with E-state index in [1.165, 1.54) is 5.56 Å². The number of aromatic nitrogens is 2. The predicted molar refractivity (Wildman–Crippen MR) is 87.9 cm³/mol. The second-order valence-electron chi connectivity index (χ2n) is 4.62. The molecule has 20 heavy (non-hydrogen) atoms. The summed E-state index contributed by atoms with van der Waals surface area (Å²) in [5, 5.41) is 6.52. The van der Waals surface area contributed by atoms with Crippen molar-refractivity contribution in [3.8, 4) is 0 Å². The molecule has 0 atom stereocenters. The number of nitrogens with zero attached hydrogens (tertiary/aromatic N) is 2. The van der Waals surface area contributed by atoms with E-state index in [4.69, 9.17) is 0 Å². The fourth-order valence-electron chi connectivity index (χ4n) is 2.10. The van der Waals surface area contributed by atoms with Crippen LogP contribution in [0.5, 0.6) is 0 Å². The summed E-state index contributed by atoms with van der Waals surface area (Å²) in [6.07, 6.45) is 0.962. The van der Waals surface area contributed by atoms with Gasteiger partial charge in [0.05, 0.1) is 0 Å². The first-order valence-electron chi connectivity index (χ1n) is 6.63. The van der Waals surface area contributed by atoms with E-state index in [2.05, 4.69) is 55.6 Å². The lowest BCUT2D eigenvalue weighted by molar-refractivity contribution is 1.03. The lowest BCUT2D eigenvalue weighted by atomic mass is 10.1. The van der Waals surface area contributed by atoms with Crippen molar-refractivity contribution in [1.29, 1.82) is 0 Å². The van der Waals surface area contributed by atoms with Crippen LogP contribution in [-0.4, -0.2) is 17.0 Å². The molecule has 0 saturated carbocycles. The zero-order valence-electron chi connectivity index (χ0n) is 12.2. The summed E-state index contributed by atoms with van der Waals surface area (Å²) in [6.45, 7) is 6.05. The lowest BCUT2D eigenvalue weighted by Crippen LogP contribution is -2.06. The number of benzene rings is 1. The Morgan fingerprint density at radius 2 is 1.85 bits per heavy atom. The molecule has 0 aliphatic heterocycles. The monoisotopic (exact) mass is 334 g/mol. The van der Waals surface area contributed by atoms with E-state index in [1.54, 1.807) is 0 Å². The third-order valence-electron chi connectivity index (χ3n) is 3.20. The molecular formula is C15H19BrN4. The first-order chi connectivity index (χ1) is 9.55. The van der Waals surface area contributed by atoms with Crippen molar-refractivity contribution in [1.82, 2.24) is 9.97 Å². The van der Waals surface area contributed by atoms with Gasteiger partial charge in [0, 0.05) is 22.8 Å². The van der Waals surface area contributed by atoms with E-state index < -0.39 is 0 Å². The SMILES string of the molecule is CCc1cc(Br)ccc1Nc1nc(C)nc(NC)c1C. The molecule has 0 unspecified atom stereocenters. The number of rotatable bonds is 4. The number of nitrogens with one attached hydrogen (secondary N) is 2. The largest absolute Gasteiger partial charge is 0.373 e. The molecule has 0 fully saturated rings. The van der Waals surface area contributed by atoms with Gasteiger partial charge in [0.2, 0.25) is 0 Å². The molecule has 2 aromatic rings. The van der Waals surface area contributed by atoms with Gasteiger partial charge < -0.3 is 10.6 Å². The summed E-state index contributed by atoms with van der Waals surface area (Å²) >= 11 is 3.51. The molecule has 2 N–H and O–H groups in total. The smallest absolute Gasteiger partial charge is 0.139 e. The highest BCUT2D eigenvalue weighted by atomic mass is 79.9. The molecule has 0 spiro atoms. The van der Waals surface area contributed by atoms with Crippen molar-refractivity contribution in [2.75, 3.05) is 17.7 Å². The summed E-state index contributed by atoms with van der Waals surface area (Å²) in [5.74, 6) is 2.45. The van der Waals surface area contributed by atoms with Crippen molar-refractivity contribution < 1.29 is 0 Å². The van der Waals surface area contributed by atoms with Crippen LogP contribution in [0.25, 0.3) is 0 Å². The van der Waals surface area contributed by atoms with Crippen LogP contribution >= 0.6 is 15.9 Å². The quantitative estimate of drug-likeness (QED) is 0.879. The lowest BCUT2D eigenvalue weighted by Gasteiger charge is -2.15. The van der Waals surface area contributed by atoms with Gasteiger partial charge in [-0.3, -0.25) is 0 Å². The number of aryl methyl sites for hydroxylation is 2. The molecule has 0 aliphatic carbocycles. The molecule has 1 heterocycles. The predicted octanol–water partition coefficient (Wildman–Crippen LogP) is 4.20. The van der Waals surface area contributed by atoms with E-state index in [0.717, 1.165) is 39.6 Å². The van der Waals surface area contributed by atoms with Crippen LogP contribution in [0.1, 0.15) is 23.9 Å². The Bertz CT molecular complexity index is 626. The molecule has 5 heteroatoms. The van der Waals surface area contributed by atoms with E-state index in [1.807, 2.05) is 27.0 Å². The van der Waals surface area contributed by atoms with Gasteiger partial charge in [0.25, 0.3) is 0 Å². The Kier molecular flexibility index (Phi) is 4.60. The minimum Gasteiger partial charge on any atom is -0.373 e. The average Bonchev–Trinajstić information content (AvgIpc) is 2.44. The standard InChI is InChI=1S/C15H19BrN4/c1-5-11-8-12(16)6-7-13(11)20-15-9(2)14(17-4)18-10(3)19-15/h6-8H,5H2,1-4H3,(H2,17,18,19,20). The highest BCUT2D eigenvalue weighted by Gasteiger charge is 2.10. The Balaban J connectivity index is 2.42. The number of hydrogen-bond donors (Lipinski definition) is 2. The van der Waals surface area contributed by atoms with Crippen LogP contribution in [0.2, 0.25) is 0 Å². The Morgan fingerprint density at radius 3 is 2.50 bits per heavy atom. The van der Waals surface area contributed by atoms with E-state index in [-0.39, 0.29) is 0 Å². The first-order valence-corrected chi connectivity index (χ1v) is 7.43. The van der Waals surface area contributed by atoms with Gasteiger partial charge in [-0.15, -0.1) is 0 Å². The number of anilines is 3. The first kappa shape index (κ1) is 14.8. The van der Waals surface area contributed by atoms with Crippen molar-refractivity contribution in [2.24, 2.45) is 0 Å². The van der Waals surface area contributed by atoms with Gasteiger partial charge in [-0.25, -0.2) is 9.97 Å². The van der Waals surface area contributed by atoms with Crippen LogP contribution in [0, 0.1) is 13.8 Å². The highest BCUT2D eigenvalue weighted by molar-refractivity contribution is 9.10. The third kappa shape index (κ3) is 3.10. The maximum Gasteiger partial charge on any atom is 0.139 e. The Morgan fingerprint density at radius 1 is 1.15 bits per heavy atom. The van der Waals surface area contributed by atoms with Crippen LogP contribution in [-0.2, 0) is 6.42 Å². The van der Waals surface area contributed by atoms with Gasteiger partial charge in [-0.1, -0.05) is 22.9 Å². The fourth-order valence-corrected chi connectivity index (χ4v) is 2.51. The van der Waals surface area contributed by atoms with E-state index in [9.17, 15) is 0 Å². The summed E-state index contributed by atoms with van der Waals surface area (Å²) < 4.78 is 1.09. The molecule has 2 rings (SSSR count). The molecule has 4 nitrogen and oxygen atoms in total. The van der Waals surface area contributed by atoms with Gasteiger partial charge in [-0.2, -0.15) is 0 Å².